The first-order valence-corrected chi connectivity index (χ1v) is 2.57. The number of hydrogen-bond acceptors (Lipinski definition) is 3. The highest BCUT2D eigenvalue weighted by atomic mass is 16.4. The minimum absolute atomic E-state index is 0.187. The molecule has 0 saturated heterocycles. The van der Waals surface area contributed by atoms with Crippen LogP contribution in [-0.4, -0.2) is 28.7 Å². The van der Waals surface area contributed by atoms with E-state index < -0.39 is 18.4 Å². The van der Waals surface area contributed by atoms with Crippen LogP contribution in [0.3, 0.4) is 0 Å². The lowest BCUT2D eigenvalue weighted by atomic mass is 10.1. The van der Waals surface area contributed by atoms with Crippen LogP contribution in [0.2, 0.25) is 0 Å². The van der Waals surface area contributed by atoms with Crippen LogP contribution in [0.5, 0.6) is 0 Å². The van der Waals surface area contributed by atoms with Crippen molar-refractivity contribution in [1.82, 2.24) is 0 Å². The Morgan fingerprint density at radius 2 is 1.80 bits per heavy atom. The molecule has 57 valence electrons. The molecule has 0 aromatic carbocycles. The fourth-order valence-corrected chi connectivity index (χ4v) is 0.418. The van der Waals surface area contributed by atoms with Gasteiger partial charge in [0.1, 0.15) is 5.92 Å². The fraction of sp³-hybridized carbons (Fsp3) is 0.400. The van der Waals surface area contributed by atoms with Gasteiger partial charge in [0.05, 0.1) is 6.42 Å². The molecule has 0 spiro atoms. The van der Waals surface area contributed by atoms with Crippen molar-refractivity contribution in [1.29, 1.82) is 0 Å². The van der Waals surface area contributed by atoms with E-state index in [0.29, 0.717) is 0 Å². The highest BCUT2D eigenvalue weighted by molar-refractivity contribution is 5.88. The minimum Gasteiger partial charge on any atom is -0.481 e. The van der Waals surface area contributed by atoms with Crippen molar-refractivity contribution in [2.75, 3.05) is 6.54 Å². The molecule has 0 saturated carbocycles. The van der Waals surface area contributed by atoms with Crippen LogP contribution in [0.1, 0.15) is 6.42 Å². The number of nitrogens with two attached hydrogens (primary N) is 1. The predicted octanol–water partition coefficient (Wildman–Crippen LogP) is -0.921. The maximum absolute atomic E-state index is 10.1. The molecule has 0 aliphatic heterocycles. The van der Waals surface area contributed by atoms with Gasteiger partial charge in [0.2, 0.25) is 0 Å². The zero-order valence-corrected chi connectivity index (χ0v) is 5.20. The molecule has 0 unspecified atom stereocenters. The zero-order chi connectivity index (χ0) is 8.15. The second-order valence-electron chi connectivity index (χ2n) is 1.68. The van der Waals surface area contributed by atoms with E-state index in [-0.39, 0.29) is 12.5 Å². The number of carboxylic acid groups (broad SMARTS) is 2. The summed E-state index contributed by atoms with van der Waals surface area (Å²) in [6.07, 6.45) is -0.494. The van der Waals surface area contributed by atoms with E-state index in [1.54, 1.807) is 0 Å². The second kappa shape index (κ2) is 3.84. The Hall–Kier alpha value is -1.10. The molecule has 0 aliphatic carbocycles. The lowest BCUT2D eigenvalue weighted by Gasteiger charge is -2.02. The summed E-state index contributed by atoms with van der Waals surface area (Å²) < 4.78 is 0. The average molecular weight is 146 g/mol. The maximum atomic E-state index is 10.1. The molecule has 5 nitrogen and oxygen atoms in total. The molecule has 10 heavy (non-hydrogen) atoms. The van der Waals surface area contributed by atoms with Crippen LogP contribution < -0.4 is 5.73 Å². The maximum Gasteiger partial charge on any atom is 0.312 e. The van der Waals surface area contributed by atoms with Gasteiger partial charge in [-0.25, -0.2) is 0 Å². The third-order valence-electron chi connectivity index (χ3n) is 0.913. The summed E-state index contributed by atoms with van der Waals surface area (Å²) >= 11 is 0. The number of rotatable bonds is 4. The van der Waals surface area contributed by atoms with Crippen molar-refractivity contribution in [2.45, 2.75) is 6.42 Å². The van der Waals surface area contributed by atoms with Crippen molar-refractivity contribution >= 4 is 11.9 Å². The average Bonchev–Trinajstić information content (AvgIpc) is 1.81. The van der Waals surface area contributed by atoms with E-state index >= 15 is 0 Å². The summed E-state index contributed by atoms with van der Waals surface area (Å²) in [5.41, 5.74) is 4.94. The SMILES string of the molecule is NC[C](CC(=O)O)C(=O)O. The topological polar surface area (TPSA) is 101 Å². The molecule has 0 rings (SSSR count). The van der Waals surface area contributed by atoms with Gasteiger partial charge >= 0.3 is 11.9 Å². The van der Waals surface area contributed by atoms with Crippen LogP contribution in [0.15, 0.2) is 0 Å². The van der Waals surface area contributed by atoms with Crippen molar-refractivity contribution in [3.05, 3.63) is 5.92 Å². The molecule has 0 atom stereocenters. The first kappa shape index (κ1) is 8.90. The number of carbonyl (C=O) groups is 2. The quantitative estimate of drug-likeness (QED) is 0.476. The van der Waals surface area contributed by atoms with E-state index in [0.717, 1.165) is 0 Å². The lowest BCUT2D eigenvalue weighted by molar-refractivity contribution is -0.141. The summed E-state index contributed by atoms with van der Waals surface area (Å²) in [4.78, 5) is 20.0. The van der Waals surface area contributed by atoms with Crippen LogP contribution in [0, 0.1) is 5.92 Å². The van der Waals surface area contributed by atoms with E-state index in [1.165, 1.54) is 0 Å². The molecule has 0 aliphatic rings. The van der Waals surface area contributed by atoms with Crippen molar-refractivity contribution in [3.63, 3.8) is 0 Å². The summed E-state index contributed by atoms with van der Waals surface area (Å²) in [6, 6.07) is 0. The summed E-state index contributed by atoms with van der Waals surface area (Å²) in [6.45, 7) is -0.221. The molecule has 0 amide bonds. The van der Waals surface area contributed by atoms with Gasteiger partial charge in [0, 0.05) is 6.54 Å². The largest absolute Gasteiger partial charge is 0.481 e. The normalized spacial score (nSPS) is 9.80. The third kappa shape index (κ3) is 3.03. The summed E-state index contributed by atoms with van der Waals surface area (Å²) in [5, 5.41) is 16.4. The van der Waals surface area contributed by atoms with E-state index in [1.807, 2.05) is 0 Å². The predicted molar refractivity (Wildman–Crippen MR) is 32.2 cm³/mol. The first-order chi connectivity index (χ1) is 4.57. The molecule has 5 heteroatoms. The van der Waals surface area contributed by atoms with Crippen molar-refractivity contribution in [3.8, 4) is 0 Å². The van der Waals surface area contributed by atoms with Crippen molar-refractivity contribution in [2.24, 2.45) is 5.73 Å². The molecule has 0 heterocycles. The highest BCUT2D eigenvalue weighted by Gasteiger charge is 2.19. The van der Waals surface area contributed by atoms with Gasteiger partial charge in [0.25, 0.3) is 0 Å². The molecular formula is C5H8NO4. The molecule has 0 aromatic rings. The van der Waals surface area contributed by atoms with Gasteiger partial charge in [-0.3, -0.25) is 9.59 Å². The zero-order valence-electron chi connectivity index (χ0n) is 5.20. The highest BCUT2D eigenvalue weighted by Crippen LogP contribution is 2.02. The smallest absolute Gasteiger partial charge is 0.312 e. The molecule has 0 bridgehead atoms. The Bertz CT molecular complexity index is 145. The molecule has 1 radical (unpaired) electrons. The molecular weight excluding hydrogens is 138 g/mol. The first-order valence-electron chi connectivity index (χ1n) is 2.57. The van der Waals surface area contributed by atoms with Crippen LogP contribution in [0.25, 0.3) is 0 Å². The standard InChI is InChI=1S/C5H8NO4/c6-2-3(5(9)10)1-4(7)8/h1-2,6H2,(H,7,8)(H,9,10). The lowest BCUT2D eigenvalue weighted by Crippen LogP contribution is -2.23. The van der Waals surface area contributed by atoms with Gasteiger partial charge in [0.15, 0.2) is 0 Å². The summed E-state index contributed by atoms with van der Waals surface area (Å²) in [7, 11) is 0. The minimum atomic E-state index is -1.25. The second-order valence-corrected chi connectivity index (χ2v) is 1.68. The summed E-state index contributed by atoms with van der Waals surface area (Å²) in [5.74, 6) is -2.61. The van der Waals surface area contributed by atoms with Gasteiger partial charge in [-0.2, -0.15) is 0 Å². The van der Waals surface area contributed by atoms with Crippen LogP contribution in [-0.2, 0) is 9.59 Å². The Kier molecular flexibility index (Phi) is 3.42. The van der Waals surface area contributed by atoms with Crippen molar-refractivity contribution < 1.29 is 19.8 Å². The van der Waals surface area contributed by atoms with E-state index in [2.05, 4.69) is 0 Å². The Morgan fingerprint density at radius 3 is 1.90 bits per heavy atom. The molecule has 4 N–H and O–H groups in total. The Morgan fingerprint density at radius 1 is 1.30 bits per heavy atom. The van der Waals surface area contributed by atoms with Crippen LogP contribution >= 0.6 is 0 Å². The monoisotopic (exact) mass is 146 g/mol. The van der Waals surface area contributed by atoms with Gasteiger partial charge in [-0.15, -0.1) is 0 Å². The molecule has 0 aromatic heterocycles. The Balaban J connectivity index is 3.83. The molecule has 0 fully saturated rings. The fourth-order valence-electron chi connectivity index (χ4n) is 0.418. The number of aliphatic carboxylic acids is 2. The Labute approximate surface area is 57.5 Å². The van der Waals surface area contributed by atoms with Gasteiger partial charge in [-0.1, -0.05) is 0 Å². The van der Waals surface area contributed by atoms with Gasteiger partial charge < -0.3 is 15.9 Å². The van der Waals surface area contributed by atoms with Gasteiger partial charge in [-0.05, 0) is 0 Å². The van der Waals surface area contributed by atoms with E-state index in [9.17, 15) is 9.59 Å². The van der Waals surface area contributed by atoms with Crippen LogP contribution in [0.4, 0.5) is 0 Å². The van der Waals surface area contributed by atoms with E-state index in [4.69, 9.17) is 15.9 Å². The number of hydrogen-bond donors (Lipinski definition) is 3. The third-order valence-corrected chi connectivity index (χ3v) is 0.913. The number of carboxylic acids is 2.